The molecule has 2 rings (SSSR count). The van der Waals surface area contributed by atoms with Crippen molar-refractivity contribution >= 4 is 38.5 Å². The van der Waals surface area contributed by atoms with Gasteiger partial charge in [0.05, 0.1) is 0 Å². The number of halogens is 2. The average molecular weight is 418 g/mol. The molecule has 2 nitrogen and oxygen atoms in total. The fourth-order valence-electron chi connectivity index (χ4n) is 1.61. The minimum atomic E-state index is 0.00565. The molecule has 94 valence electrons. The zero-order valence-electron chi connectivity index (χ0n) is 9.86. The van der Waals surface area contributed by atoms with Crippen LogP contribution < -0.4 is 10.5 Å². The van der Waals surface area contributed by atoms with E-state index in [2.05, 4.69) is 38.5 Å². The lowest BCUT2D eigenvalue weighted by Gasteiger charge is -2.11. The van der Waals surface area contributed by atoms with Gasteiger partial charge in [-0.15, -0.1) is 0 Å². The minimum Gasteiger partial charge on any atom is -0.457 e. The normalized spacial score (nSPS) is 12.2. The van der Waals surface area contributed by atoms with Gasteiger partial charge in [-0.2, -0.15) is 0 Å². The van der Waals surface area contributed by atoms with Crippen molar-refractivity contribution < 1.29 is 4.74 Å². The molecular formula is C14H13BrINO. The van der Waals surface area contributed by atoms with Crippen LogP contribution in [-0.4, -0.2) is 0 Å². The van der Waals surface area contributed by atoms with Gasteiger partial charge in [-0.3, -0.25) is 0 Å². The molecule has 0 fully saturated rings. The van der Waals surface area contributed by atoms with Gasteiger partial charge < -0.3 is 10.5 Å². The fraction of sp³-hybridized carbons (Fsp3) is 0.143. The van der Waals surface area contributed by atoms with Gasteiger partial charge in [0.1, 0.15) is 11.5 Å². The summed E-state index contributed by atoms with van der Waals surface area (Å²) in [5.74, 6) is 1.63. The maximum Gasteiger partial charge on any atom is 0.128 e. The van der Waals surface area contributed by atoms with Crippen molar-refractivity contribution in [2.45, 2.75) is 13.0 Å². The zero-order valence-corrected chi connectivity index (χ0v) is 13.6. The third kappa shape index (κ3) is 3.46. The van der Waals surface area contributed by atoms with Gasteiger partial charge in [0, 0.05) is 14.1 Å². The van der Waals surface area contributed by atoms with E-state index < -0.39 is 0 Å². The van der Waals surface area contributed by atoms with Crippen LogP contribution in [0.5, 0.6) is 11.5 Å². The molecule has 0 radical (unpaired) electrons. The van der Waals surface area contributed by atoms with Gasteiger partial charge >= 0.3 is 0 Å². The molecular weight excluding hydrogens is 405 g/mol. The first-order chi connectivity index (χ1) is 8.56. The molecule has 1 atom stereocenters. The topological polar surface area (TPSA) is 35.2 Å². The highest BCUT2D eigenvalue weighted by Crippen LogP contribution is 2.29. The molecule has 2 aromatic rings. The molecule has 18 heavy (non-hydrogen) atoms. The molecule has 0 saturated heterocycles. The number of hydrogen-bond donors (Lipinski definition) is 1. The molecule has 0 aliphatic heterocycles. The predicted molar refractivity (Wildman–Crippen MR) is 86.0 cm³/mol. The van der Waals surface area contributed by atoms with Crippen molar-refractivity contribution in [3.05, 3.63) is 56.1 Å². The number of nitrogens with two attached hydrogens (primary N) is 1. The first kappa shape index (κ1) is 13.8. The van der Waals surface area contributed by atoms with Crippen molar-refractivity contribution in [1.29, 1.82) is 0 Å². The van der Waals surface area contributed by atoms with Crippen LogP contribution >= 0.6 is 38.5 Å². The van der Waals surface area contributed by atoms with Gasteiger partial charge in [-0.05, 0) is 65.4 Å². The van der Waals surface area contributed by atoms with Crippen LogP contribution in [0.15, 0.2) is 46.9 Å². The number of ether oxygens (including phenoxy) is 1. The highest BCUT2D eigenvalue weighted by atomic mass is 127. The van der Waals surface area contributed by atoms with E-state index in [1.54, 1.807) is 0 Å². The molecule has 0 heterocycles. The van der Waals surface area contributed by atoms with Gasteiger partial charge in [0.2, 0.25) is 0 Å². The van der Waals surface area contributed by atoms with Crippen molar-refractivity contribution in [3.8, 4) is 11.5 Å². The summed E-state index contributed by atoms with van der Waals surface area (Å²) in [7, 11) is 0. The second-order valence-corrected chi connectivity index (χ2v) is 6.13. The molecule has 0 aliphatic carbocycles. The second-order valence-electron chi connectivity index (χ2n) is 4.03. The Hall–Kier alpha value is -0.590. The lowest BCUT2D eigenvalue weighted by atomic mass is 10.1. The molecule has 0 aliphatic rings. The Balaban J connectivity index is 2.23. The van der Waals surface area contributed by atoms with Crippen LogP contribution in [-0.2, 0) is 0 Å². The zero-order chi connectivity index (χ0) is 13.1. The van der Waals surface area contributed by atoms with E-state index in [1.807, 2.05) is 49.4 Å². The number of benzene rings is 2. The Bertz CT molecular complexity index is 557. The van der Waals surface area contributed by atoms with Gasteiger partial charge in [-0.1, -0.05) is 28.1 Å². The molecule has 0 aromatic heterocycles. The average Bonchev–Trinajstić information content (AvgIpc) is 2.28. The lowest BCUT2D eigenvalue weighted by molar-refractivity contribution is 0.481. The van der Waals surface area contributed by atoms with Gasteiger partial charge in [0.15, 0.2) is 0 Å². The quantitative estimate of drug-likeness (QED) is 0.723. The smallest absolute Gasteiger partial charge is 0.128 e. The number of hydrogen-bond acceptors (Lipinski definition) is 2. The van der Waals surface area contributed by atoms with E-state index in [1.165, 1.54) is 0 Å². The van der Waals surface area contributed by atoms with Crippen LogP contribution in [0.4, 0.5) is 0 Å². The highest BCUT2D eigenvalue weighted by Gasteiger charge is 2.06. The van der Waals surface area contributed by atoms with E-state index in [0.717, 1.165) is 25.1 Å². The molecule has 0 bridgehead atoms. The van der Waals surface area contributed by atoms with Crippen LogP contribution in [0, 0.1) is 3.57 Å². The summed E-state index contributed by atoms with van der Waals surface area (Å²) in [4.78, 5) is 0. The maximum absolute atomic E-state index is 5.87. The van der Waals surface area contributed by atoms with Gasteiger partial charge in [-0.25, -0.2) is 0 Å². The van der Waals surface area contributed by atoms with E-state index >= 15 is 0 Å². The van der Waals surface area contributed by atoms with Crippen LogP contribution in [0.25, 0.3) is 0 Å². The summed E-state index contributed by atoms with van der Waals surface area (Å²) in [5.41, 5.74) is 6.94. The Kier molecular flexibility index (Phi) is 4.64. The van der Waals surface area contributed by atoms with E-state index in [9.17, 15) is 0 Å². The minimum absolute atomic E-state index is 0.00565. The predicted octanol–water partition coefficient (Wildman–Crippen LogP) is 4.87. The summed E-state index contributed by atoms with van der Waals surface area (Å²) in [6, 6.07) is 13.8. The van der Waals surface area contributed by atoms with E-state index in [0.29, 0.717) is 0 Å². The summed E-state index contributed by atoms with van der Waals surface area (Å²) in [6.07, 6.45) is 0. The first-order valence-corrected chi connectivity index (χ1v) is 7.42. The summed E-state index contributed by atoms with van der Waals surface area (Å²) < 4.78 is 7.92. The van der Waals surface area contributed by atoms with Crippen molar-refractivity contribution in [1.82, 2.24) is 0 Å². The van der Waals surface area contributed by atoms with Gasteiger partial charge in [0.25, 0.3) is 0 Å². The Morgan fingerprint density at radius 2 is 1.89 bits per heavy atom. The molecule has 2 N–H and O–H groups in total. The van der Waals surface area contributed by atoms with Crippen molar-refractivity contribution in [2.75, 3.05) is 0 Å². The fourth-order valence-corrected chi connectivity index (χ4v) is 2.84. The third-order valence-corrected chi connectivity index (χ3v) is 3.85. The molecule has 4 heteroatoms. The first-order valence-electron chi connectivity index (χ1n) is 5.54. The largest absolute Gasteiger partial charge is 0.457 e. The highest BCUT2D eigenvalue weighted by molar-refractivity contribution is 14.1. The van der Waals surface area contributed by atoms with Crippen molar-refractivity contribution in [3.63, 3.8) is 0 Å². The number of rotatable bonds is 3. The standard InChI is InChI=1S/C14H13BrINO/c1-9(17)13-6-5-12(8-14(13)15)18-11-4-2-3-10(16)7-11/h2-9H,17H2,1H3. The van der Waals surface area contributed by atoms with E-state index in [4.69, 9.17) is 10.5 Å². The van der Waals surface area contributed by atoms with Crippen LogP contribution in [0.2, 0.25) is 0 Å². The van der Waals surface area contributed by atoms with Crippen LogP contribution in [0.3, 0.4) is 0 Å². The molecule has 0 saturated carbocycles. The molecule has 2 aromatic carbocycles. The Morgan fingerprint density at radius 3 is 2.50 bits per heavy atom. The Morgan fingerprint density at radius 1 is 1.17 bits per heavy atom. The SMILES string of the molecule is CC(N)c1ccc(Oc2cccc(I)c2)cc1Br. The summed E-state index contributed by atoms with van der Waals surface area (Å²) in [6.45, 7) is 1.96. The molecule has 0 amide bonds. The second kappa shape index (κ2) is 6.04. The summed E-state index contributed by atoms with van der Waals surface area (Å²) in [5, 5.41) is 0. The third-order valence-electron chi connectivity index (χ3n) is 2.49. The van der Waals surface area contributed by atoms with E-state index in [-0.39, 0.29) is 6.04 Å². The Labute approximate surface area is 129 Å². The van der Waals surface area contributed by atoms with Crippen molar-refractivity contribution in [2.24, 2.45) is 5.73 Å². The monoisotopic (exact) mass is 417 g/mol. The van der Waals surface area contributed by atoms with Crippen LogP contribution in [0.1, 0.15) is 18.5 Å². The maximum atomic E-state index is 5.87. The molecule has 1 unspecified atom stereocenters. The molecule has 0 spiro atoms. The lowest BCUT2D eigenvalue weighted by Crippen LogP contribution is -2.05. The summed E-state index contributed by atoms with van der Waals surface area (Å²) >= 11 is 5.78.